The molecule has 0 aliphatic rings. The molecule has 31 heavy (non-hydrogen) atoms. The molecule has 10 heteroatoms. The molecule has 0 radical (unpaired) electrons. The van der Waals surface area contributed by atoms with Gasteiger partial charge in [-0.1, -0.05) is 12.1 Å². The number of nitrogens with zero attached hydrogens (tertiary/aromatic N) is 1. The van der Waals surface area contributed by atoms with Crippen molar-refractivity contribution >= 4 is 17.0 Å². The first kappa shape index (κ1) is 24.2. The summed E-state index contributed by atoms with van der Waals surface area (Å²) in [5, 5.41) is 10.5. The van der Waals surface area contributed by atoms with Gasteiger partial charge in [0.2, 0.25) is 0 Å². The van der Waals surface area contributed by atoms with E-state index in [-0.39, 0.29) is 6.10 Å². The second-order valence-corrected chi connectivity index (χ2v) is 6.73. The third-order valence-electron chi connectivity index (χ3n) is 3.85. The molecule has 0 bridgehead atoms. The number of aliphatic carboxylic acids is 1. The van der Waals surface area contributed by atoms with Crippen molar-refractivity contribution in [1.29, 1.82) is 0 Å². The van der Waals surface area contributed by atoms with Gasteiger partial charge < -0.3 is 24.9 Å². The number of ether oxygens (including phenoxy) is 2. The zero-order chi connectivity index (χ0) is 22.9. The fourth-order valence-corrected chi connectivity index (χ4v) is 2.39. The van der Waals surface area contributed by atoms with Crippen LogP contribution in [-0.2, 0) is 16.1 Å². The van der Waals surface area contributed by atoms with Crippen LogP contribution in [0.15, 0.2) is 48.8 Å². The Morgan fingerprint density at radius 2 is 1.81 bits per heavy atom. The summed E-state index contributed by atoms with van der Waals surface area (Å²) >= 11 is 0. The molecule has 1 aromatic heterocycles. The van der Waals surface area contributed by atoms with Gasteiger partial charge in [0.25, 0.3) is 0 Å². The average molecular weight is 439 g/mol. The Labute approximate surface area is 177 Å². The highest BCUT2D eigenvalue weighted by Gasteiger charge is 2.38. The SMILES string of the molecule is CC(C)OCCNCc1ccc(Oc2ccc3nc[nH]c3c2)cc1.O=C(O)C(F)(F)F. The van der Waals surface area contributed by atoms with Crippen LogP contribution < -0.4 is 10.1 Å². The molecule has 1 heterocycles. The molecule has 7 nitrogen and oxygen atoms in total. The lowest BCUT2D eigenvalue weighted by atomic mass is 10.2. The van der Waals surface area contributed by atoms with E-state index in [9.17, 15) is 13.2 Å². The Bertz CT molecular complexity index is 956. The molecule has 3 aromatic rings. The number of benzene rings is 2. The highest BCUT2D eigenvalue weighted by Crippen LogP contribution is 2.24. The highest BCUT2D eigenvalue weighted by atomic mass is 19.4. The van der Waals surface area contributed by atoms with Crippen LogP contribution in [0.3, 0.4) is 0 Å². The molecular weight excluding hydrogens is 415 g/mol. The number of imidazole rings is 1. The van der Waals surface area contributed by atoms with E-state index in [0.29, 0.717) is 0 Å². The van der Waals surface area contributed by atoms with Crippen molar-refractivity contribution in [2.45, 2.75) is 32.7 Å². The Hall–Kier alpha value is -3.11. The number of carbonyl (C=O) groups is 1. The van der Waals surface area contributed by atoms with Crippen LogP contribution >= 0.6 is 0 Å². The van der Waals surface area contributed by atoms with Gasteiger partial charge in [-0.25, -0.2) is 9.78 Å². The predicted molar refractivity (Wildman–Crippen MR) is 109 cm³/mol. The number of carboxylic acid groups (broad SMARTS) is 1. The molecule has 3 N–H and O–H groups in total. The minimum absolute atomic E-state index is 0.282. The predicted octanol–water partition coefficient (Wildman–Crippen LogP) is 4.50. The van der Waals surface area contributed by atoms with E-state index in [1.807, 2.05) is 44.2 Å². The van der Waals surface area contributed by atoms with E-state index in [4.69, 9.17) is 19.4 Å². The number of nitrogens with one attached hydrogen (secondary N) is 2. The third kappa shape index (κ3) is 8.65. The molecule has 0 unspecified atom stereocenters. The summed E-state index contributed by atoms with van der Waals surface area (Å²) in [5.74, 6) is -1.14. The number of aromatic amines is 1. The summed E-state index contributed by atoms with van der Waals surface area (Å²) in [4.78, 5) is 16.2. The average Bonchev–Trinajstić information content (AvgIpc) is 3.16. The standard InChI is InChI=1S/C19H23N3O2.C2HF3O2/c1-14(2)23-10-9-20-12-15-3-5-16(6-4-15)24-17-7-8-18-19(11-17)22-13-21-18;3-2(4,5)1(6)7/h3-8,11,13-14,20H,9-10,12H2,1-2H3,(H,21,22);(H,6,7). The first-order valence-electron chi connectivity index (χ1n) is 9.47. The summed E-state index contributed by atoms with van der Waals surface area (Å²) < 4.78 is 43.1. The number of fused-ring (bicyclic) bond motifs is 1. The zero-order valence-electron chi connectivity index (χ0n) is 17.1. The Morgan fingerprint density at radius 3 is 2.42 bits per heavy atom. The maximum atomic E-state index is 10.6. The quantitative estimate of drug-likeness (QED) is 0.447. The maximum absolute atomic E-state index is 10.6. The smallest absolute Gasteiger partial charge is 0.475 e. The van der Waals surface area contributed by atoms with E-state index in [0.717, 1.165) is 42.2 Å². The van der Waals surface area contributed by atoms with E-state index in [2.05, 4.69) is 27.4 Å². The van der Waals surface area contributed by atoms with Crippen LogP contribution in [0.1, 0.15) is 19.4 Å². The second kappa shape index (κ2) is 11.3. The van der Waals surface area contributed by atoms with Gasteiger partial charge in [0.1, 0.15) is 11.5 Å². The molecule has 0 aliphatic carbocycles. The van der Waals surface area contributed by atoms with E-state index >= 15 is 0 Å². The molecule has 0 atom stereocenters. The van der Waals surface area contributed by atoms with Crippen molar-refractivity contribution < 1.29 is 32.5 Å². The van der Waals surface area contributed by atoms with Crippen LogP contribution in [-0.4, -0.2) is 46.5 Å². The Balaban J connectivity index is 0.000000423. The minimum Gasteiger partial charge on any atom is -0.475 e. The number of hydrogen-bond acceptors (Lipinski definition) is 5. The van der Waals surface area contributed by atoms with Crippen LogP contribution in [0, 0.1) is 0 Å². The molecule has 3 rings (SSSR count). The van der Waals surface area contributed by atoms with Gasteiger partial charge in [0.05, 0.1) is 30.1 Å². The van der Waals surface area contributed by atoms with Crippen molar-refractivity contribution in [3.05, 3.63) is 54.4 Å². The molecule has 0 fully saturated rings. The lowest BCUT2D eigenvalue weighted by Crippen LogP contribution is -2.21. The van der Waals surface area contributed by atoms with Crippen LogP contribution in [0.5, 0.6) is 11.5 Å². The van der Waals surface area contributed by atoms with Crippen molar-refractivity contribution in [3.8, 4) is 11.5 Å². The third-order valence-corrected chi connectivity index (χ3v) is 3.85. The van der Waals surface area contributed by atoms with Gasteiger partial charge in [0.15, 0.2) is 0 Å². The highest BCUT2D eigenvalue weighted by molar-refractivity contribution is 5.76. The number of H-pyrrole nitrogens is 1. The number of aromatic nitrogens is 2. The van der Waals surface area contributed by atoms with Gasteiger partial charge in [0, 0.05) is 19.2 Å². The summed E-state index contributed by atoms with van der Waals surface area (Å²) in [6.45, 7) is 6.49. The summed E-state index contributed by atoms with van der Waals surface area (Å²) in [5.41, 5.74) is 3.12. The van der Waals surface area contributed by atoms with E-state index in [1.165, 1.54) is 5.56 Å². The number of carboxylic acids is 1. The Morgan fingerprint density at radius 1 is 1.16 bits per heavy atom. The molecular formula is C21H24F3N3O4. The first-order chi connectivity index (χ1) is 14.6. The maximum Gasteiger partial charge on any atom is 0.490 e. The number of hydrogen-bond donors (Lipinski definition) is 3. The van der Waals surface area contributed by atoms with Crippen molar-refractivity contribution in [1.82, 2.24) is 15.3 Å². The number of rotatable bonds is 8. The largest absolute Gasteiger partial charge is 0.490 e. The summed E-state index contributed by atoms with van der Waals surface area (Å²) in [7, 11) is 0. The fraction of sp³-hybridized carbons (Fsp3) is 0.333. The second-order valence-electron chi connectivity index (χ2n) is 6.73. The van der Waals surface area contributed by atoms with Crippen LogP contribution in [0.4, 0.5) is 13.2 Å². The number of halogens is 3. The molecule has 0 saturated heterocycles. The van der Waals surface area contributed by atoms with Gasteiger partial charge in [-0.2, -0.15) is 13.2 Å². The summed E-state index contributed by atoms with van der Waals surface area (Å²) in [6.07, 6.45) is -3.12. The normalized spacial score (nSPS) is 11.3. The van der Waals surface area contributed by atoms with Gasteiger partial charge in [-0.15, -0.1) is 0 Å². The molecule has 0 amide bonds. The van der Waals surface area contributed by atoms with Crippen molar-refractivity contribution in [2.24, 2.45) is 0 Å². The van der Waals surface area contributed by atoms with E-state index in [1.54, 1.807) is 6.33 Å². The van der Waals surface area contributed by atoms with Gasteiger partial charge >= 0.3 is 12.1 Å². The Kier molecular flexibility index (Phi) is 8.83. The molecule has 168 valence electrons. The summed E-state index contributed by atoms with van der Waals surface area (Å²) in [6, 6.07) is 13.9. The molecule has 0 spiro atoms. The lowest BCUT2D eigenvalue weighted by Gasteiger charge is -2.09. The number of alkyl halides is 3. The molecule has 0 saturated carbocycles. The first-order valence-corrected chi connectivity index (χ1v) is 9.47. The molecule has 0 aliphatic heterocycles. The monoisotopic (exact) mass is 439 g/mol. The fourth-order valence-electron chi connectivity index (χ4n) is 2.39. The van der Waals surface area contributed by atoms with E-state index < -0.39 is 12.1 Å². The molecule has 2 aromatic carbocycles. The van der Waals surface area contributed by atoms with Gasteiger partial charge in [-0.05, 0) is 43.7 Å². The van der Waals surface area contributed by atoms with Crippen LogP contribution in [0.2, 0.25) is 0 Å². The van der Waals surface area contributed by atoms with Crippen LogP contribution in [0.25, 0.3) is 11.0 Å². The van der Waals surface area contributed by atoms with Crippen molar-refractivity contribution in [2.75, 3.05) is 13.2 Å². The zero-order valence-corrected chi connectivity index (χ0v) is 17.1. The topological polar surface area (TPSA) is 96.5 Å². The van der Waals surface area contributed by atoms with Crippen molar-refractivity contribution in [3.63, 3.8) is 0 Å². The lowest BCUT2D eigenvalue weighted by molar-refractivity contribution is -0.192. The van der Waals surface area contributed by atoms with Gasteiger partial charge in [-0.3, -0.25) is 0 Å². The minimum atomic E-state index is -5.08.